The third kappa shape index (κ3) is 3.35. The molecule has 2 aromatic carbocycles. The number of rotatable bonds is 6. The molecule has 0 saturated heterocycles. The largest absolute Gasteiger partial charge is 0.489 e. The molecular formula is C16H15F2NO. The molecule has 0 spiro atoms. The van der Waals surface area contributed by atoms with Crippen LogP contribution in [0.15, 0.2) is 55.1 Å². The first-order valence-electron chi connectivity index (χ1n) is 6.22. The van der Waals surface area contributed by atoms with Crippen molar-refractivity contribution in [2.45, 2.75) is 6.54 Å². The van der Waals surface area contributed by atoms with Crippen molar-refractivity contribution >= 4 is 5.69 Å². The molecule has 0 fully saturated rings. The monoisotopic (exact) mass is 275 g/mol. The minimum absolute atomic E-state index is 0.133. The lowest BCUT2D eigenvalue weighted by molar-refractivity contribution is 0.359. The van der Waals surface area contributed by atoms with E-state index in [2.05, 4.69) is 11.9 Å². The molecule has 0 unspecified atom stereocenters. The molecule has 2 aromatic rings. The molecule has 0 aliphatic carbocycles. The molecule has 2 nitrogen and oxygen atoms in total. The smallest absolute Gasteiger partial charge is 0.149 e. The van der Waals surface area contributed by atoms with Crippen molar-refractivity contribution in [3.63, 3.8) is 0 Å². The maximum absolute atomic E-state index is 13.5. The van der Waals surface area contributed by atoms with Crippen LogP contribution in [0.2, 0.25) is 0 Å². The Bertz CT molecular complexity index is 579. The number of benzene rings is 2. The number of anilines is 1. The molecule has 0 saturated carbocycles. The fourth-order valence-electron chi connectivity index (χ4n) is 1.79. The molecular weight excluding hydrogens is 260 g/mol. The van der Waals surface area contributed by atoms with Gasteiger partial charge in [-0.05, 0) is 18.2 Å². The number of ether oxygens (including phenoxy) is 1. The molecule has 20 heavy (non-hydrogen) atoms. The molecule has 0 radical (unpaired) electrons. The Labute approximate surface area is 116 Å². The second-order valence-electron chi connectivity index (χ2n) is 4.16. The van der Waals surface area contributed by atoms with E-state index >= 15 is 0 Å². The second-order valence-corrected chi connectivity index (χ2v) is 4.16. The topological polar surface area (TPSA) is 21.3 Å². The summed E-state index contributed by atoms with van der Waals surface area (Å²) in [4.78, 5) is 0. The van der Waals surface area contributed by atoms with Crippen LogP contribution in [-0.2, 0) is 6.54 Å². The first-order valence-corrected chi connectivity index (χ1v) is 6.22. The van der Waals surface area contributed by atoms with E-state index in [1.54, 1.807) is 12.1 Å². The summed E-state index contributed by atoms with van der Waals surface area (Å²) >= 11 is 0. The third-order valence-corrected chi connectivity index (χ3v) is 2.75. The second kappa shape index (κ2) is 6.70. The summed E-state index contributed by atoms with van der Waals surface area (Å²) in [6.07, 6.45) is 1.64. The summed E-state index contributed by atoms with van der Waals surface area (Å²) in [5, 5.41) is 2.76. The standard InChI is InChI=1S/C16H15F2NO/c1-2-10-20-15-9-4-3-6-12(15)11-19-16-13(17)7-5-8-14(16)18/h2-9,19H,1,10-11H2. The van der Waals surface area contributed by atoms with Gasteiger partial charge in [0.2, 0.25) is 0 Å². The highest BCUT2D eigenvalue weighted by atomic mass is 19.1. The molecule has 0 aliphatic heterocycles. The number of para-hydroxylation sites is 2. The highest BCUT2D eigenvalue weighted by molar-refractivity contribution is 5.47. The van der Waals surface area contributed by atoms with Gasteiger partial charge in [-0.3, -0.25) is 0 Å². The Balaban J connectivity index is 2.13. The average molecular weight is 275 g/mol. The van der Waals surface area contributed by atoms with Crippen molar-refractivity contribution in [2.75, 3.05) is 11.9 Å². The van der Waals surface area contributed by atoms with Crippen LogP contribution in [0.1, 0.15) is 5.56 Å². The number of nitrogens with one attached hydrogen (secondary N) is 1. The van der Waals surface area contributed by atoms with Gasteiger partial charge in [-0.2, -0.15) is 0 Å². The van der Waals surface area contributed by atoms with Crippen molar-refractivity contribution < 1.29 is 13.5 Å². The first kappa shape index (κ1) is 14.1. The maximum Gasteiger partial charge on any atom is 0.149 e. The van der Waals surface area contributed by atoms with Gasteiger partial charge in [-0.1, -0.05) is 36.9 Å². The van der Waals surface area contributed by atoms with E-state index in [1.165, 1.54) is 18.2 Å². The van der Waals surface area contributed by atoms with Crippen LogP contribution in [0.5, 0.6) is 5.75 Å². The Morgan fingerprint density at radius 3 is 2.45 bits per heavy atom. The summed E-state index contributed by atoms with van der Waals surface area (Å²) in [5.74, 6) is -0.569. The Morgan fingerprint density at radius 2 is 1.75 bits per heavy atom. The van der Waals surface area contributed by atoms with Gasteiger partial charge >= 0.3 is 0 Å². The van der Waals surface area contributed by atoms with Crippen LogP contribution in [0.4, 0.5) is 14.5 Å². The van der Waals surface area contributed by atoms with Crippen molar-refractivity contribution in [1.29, 1.82) is 0 Å². The lowest BCUT2D eigenvalue weighted by atomic mass is 10.2. The summed E-state index contributed by atoms with van der Waals surface area (Å²) in [6.45, 7) is 4.23. The zero-order chi connectivity index (χ0) is 14.4. The summed E-state index contributed by atoms with van der Waals surface area (Å²) in [7, 11) is 0. The number of hydrogen-bond acceptors (Lipinski definition) is 2. The summed E-state index contributed by atoms with van der Waals surface area (Å²) in [5.41, 5.74) is 0.683. The van der Waals surface area contributed by atoms with Gasteiger partial charge in [0, 0.05) is 12.1 Å². The van der Waals surface area contributed by atoms with Crippen molar-refractivity contribution in [3.05, 3.63) is 72.3 Å². The number of halogens is 2. The van der Waals surface area contributed by atoms with Gasteiger partial charge in [0.05, 0.1) is 0 Å². The van der Waals surface area contributed by atoms with E-state index in [4.69, 9.17) is 4.74 Å². The van der Waals surface area contributed by atoms with E-state index in [0.717, 1.165) is 5.56 Å². The molecule has 0 amide bonds. The number of hydrogen-bond donors (Lipinski definition) is 1. The normalized spacial score (nSPS) is 10.1. The van der Waals surface area contributed by atoms with E-state index in [-0.39, 0.29) is 12.2 Å². The maximum atomic E-state index is 13.5. The fraction of sp³-hybridized carbons (Fsp3) is 0.125. The first-order chi connectivity index (χ1) is 9.72. The summed E-state index contributed by atoms with van der Waals surface area (Å²) < 4.78 is 32.5. The Kier molecular flexibility index (Phi) is 4.71. The van der Waals surface area contributed by atoms with Crippen LogP contribution in [-0.4, -0.2) is 6.61 Å². The van der Waals surface area contributed by atoms with E-state index in [0.29, 0.717) is 12.4 Å². The average Bonchev–Trinajstić information content (AvgIpc) is 2.45. The molecule has 0 bridgehead atoms. The Morgan fingerprint density at radius 1 is 1.05 bits per heavy atom. The lowest BCUT2D eigenvalue weighted by Crippen LogP contribution is -2.06. The van der Waals surface area contributed by atoms with E-state index in [9.17, 15) is 8.78 Å². The predicted octanol–water partition coefficient (Wildman–Crippen LogP) is 4.14. The van der Waals surface area contributed by atoms with Crippen LogP contribution < -0.4 is 10.1 Å². The highest BCUT2D eigenvalue weighted by Crippen LogP contribution is 2.22. The van der Waals surface area contributed by atoms with Gasteiger partial charge in [0.1, 0.15) is 29.7 Å². The van der Waals surface area contributed by atoms with Crippen LogP contribution in [0.3, 0.4) is 0 Å². The molecule has 0 aliphatic rings. The van der Waals surface area contributed by atoms with Crippen molar-refractivity contribution in [1.82, 2.24) is 0 Å². The molecule has 0 heterocycles. The molecule has 1 N–H and O–H groups in total. The van der Waals surface area contributed by atoms with Gasteiger partial charge in [0.25, 0.3) is 0 Å². The van der Waals surface area contributed by atoms with Crippen molar-refractivity contribution in [3.8, 4) is 5.75 Å². The molecule has 2 rings (SSSR count). The van der Waals surface area contributed by atoms with Crippen LogP contribution >= 0.6 is 0 Å². The zero-order valence-electron chi connectivity index (χ0n) is 10.9. The van der Waals surface area contributed by atoms with Crippen LogP contribution in [0.25, 0.3) is 0 Å². The third-order valence-electron chi connectivity index (χ3n) is 2.75. The van der Waals surface area contributed by atoms with E-state index < -0.39 is 11.6 Å². The quantitative estimate of drug-likeness (QED) is 0.800. The Hall–Kier alpha value is -2.36. The fourth-order valence-corrected chi connectivity index (χ4v) is 1.79. The minimum Gasteiger partial charge on any atom is -0.489 e. The summed E-state index contributed by atoms with van der Waals surface area (Å²) in [6, 6.07) is 11.1. The molecule has 104 valence electrons. The SMILES string of the molecule is C=CCOc1ccccc1CNc1c(F)cccc1F. The zero-order valence-corrected chi connectivity index (χ0v) is 10.9. The molecule has 0 atom stereocenters. The van der Waals surface area contributed by atoms with Gasteiger partial charge in [-0.25, -0.2) is 8.78 Å². The molecule has 4 heteroatoms. The minimum atomic E-state index is -0.616. The van der Waals surface area contributed by atoms with Gasteiger partial charge in [0.15, 0.2) is 0 Å². The lowest BCUT2D eigenvalue weighted by Gasteiger charge is -2.12. The van der Waals surface area contributed by atoms with Crippen LogP contribution in [0, 0.1) is 11.6 Å². The molecule has 0 aromatic heterocycles. The predicted molar refractivity (Wildman–Crippen MR) is 75.8 cm³/mol. The highest BCUT2D eigenvalue weighted by Gasteiger charge is 2.09. The van der Waals surface area contributed by atoms with Crippen molar-refractivity contribution in [2.24, 2.45) is 0 Å². The van der Waals surface area contributed by atoms with Gasteiger partial charge in [-0.15, -0.1) is 0 Å². The van der Waals surface area contributed by atoms with E-state index in [1.807, 2.05) is 18.2 Å². The van der Waals surface area contributed by atoms with Gasteiger partial charge < -0.3 is 10.1 Å².